The molecule has 3 aromatic rings. The molecule has 1 aromatic heterocycles. The van der Waals surface area contributed by atoms with Crippen LogP contribution in [0, 0.1) is 0 Å². The number of carbonyl (C=O) groups excluding carboxylic acids is 1. The van der Waals surface area contributed by atoms with Gasteiger partial charge in [-0.25, -0.2) is 0 Å². The standard InChI is InChI=1S/C19H19NO3/c1-13(21)20-10-9-15-12-23-19-8-7-14(11-17(15)19)16-5-3-4-6-18(16)22-2/h3-8,11-12H,9-10H2,1-2H3,(H,20,21). The second-order valence-electron chi connectivity index (χ2n) is 5.41. The molecule has 0 atom stereocenters. The average Bonchev–Trinajstić information content (AvgIpc) is 2.97. The van der Waals surface area contributed by atoms with Crippen molar-refractivity contribution >= 4 is 16.9 Å². The van der Waals surface area contributed by atoms with Crippen molar-refractivity contribution in [3.05, 3.63) is 54.3 Å². The Bertz CT molecular complexity index is 836. The van der Waals surface area contributed by atoms with E-state index < -0.39 is 0 Å². The number of benzene rings is 2. The number of amides is 1. The number of ether oxygens (including phenoxy) is 1. The Hall–Kier alpha value is -2.75. The fourth-order valence-electron chi connectivity index (χ4n) is 2.70. The molecule has 4 nitrogen and oxygen atoms in total. The number of methoxy groups -OCH3 is 1. The molecule has 4 heteroatoms. The van der Waals surface area contributed by atoms with Crippen molar-refractivity contribution in [3.63, 3.8) is 0 Å². The summed E-state index contributed by atoms with van der Waals surface area (Å²) in [6, 6.07) is 14.1. The molecule has 0 radical (unpaired) electrons. The van der Waals surface area contributed by atoms with E-state index in [1.165, 1.54) is 6.92 Å². The second-order valence-corrected chi connectivity index (χ2v) is 5.41. The lowest BCUT2D eigenvalue weighted by Gasteiger charge is -2.08. The van der Waals surface area contributed by atoms with Crippen LogP contribution in [0.3, 0.4) is 0 Å². The van der Waals surface area contributed by atoms with E-state index in [2.05, 4.69) is 11.4 Å². The maximum atomic E-state index is 11.0. The molecule has 0 saturated carbocycles. The Morgan fingerprint density at radius 1 is 1.22 bits per heavy atom. The molecular weight excluding hydrogens is 290 g/mol. The van der Waals surface area contributed by atoms with E-state index in [9.17, 15) is 4.79 Å². The average molecular weight is 309 g/mol. The molecule has 3 rings (SSSR count). The molecule has 0 bridgehead atoms. The number of hydrogen-bond acceptors (Lipinski definition) is 3. The SMILES string of the molecule is COc1ccccc1-c1ccc2occ(CCNC(C)=O)c2c1. The van der Waals surface area contributed by atoms with Gasteiger partial charge in [-0.2, -0.15) is 0 Å². The van der Waals surface area contributed by atoms with E-state index in [0.717, 1.165) is 39.8 Å². The van der Waals surface area contributed by atoms with E-state index >= 15 is 0 Å². The Labute approximate surface area is 135 Å². The molecule has 0 aliphatic heterocycles. The number of furan rings is 1. The fourth-order valence-corrected chi connectivity index (χ4v) is 2.70. The lowest BCUT2D eigenvalue weighted by atomic mass is 10.0. The van der Waals surface area contributed by atoms with E-state index in [4.69, 9.17) is 9.15 Å². The molecule has 118 valence electrons. The monoisotopic (exact) mass is 309 g/mol. The molecule has 1 heterocycles. The van der Waals surface area contributed by atoms with Crippen LogP contribution in [0.2, 0.25) is 0 Å². The minimum atomic E-state index is -0.0208. The third-order valence-electron chi connectivity index (χ3n) is 3.84. The summed E-state index contributed by atoms with van der Waals surface area (Å²) >= 11 is 0. The highest BCUT2D eigenvalue weighted by atomic mass is 16.5. The van der Waals surface area contributed by atoms with Crippen molar-refractivity contribution in [2.45, 2.75) is 13.3 Å². The third kappa shape index (κ3) is 3.21. The Balaban J connectivity index is 1.96. The molecule has 0 saturated heterocycles. The van der Waals surface area contributed by atoms with Crippen LogP contribution in [0.25, 0.3) is 22.1 Å². The van der Waals surface area contributed by atoms with Gasteiger partial charge in [-0.15, -0.1) is 0 Å². The summed E-state index contributed by atoms with van der Waals surface area (Å²) in [4.78, 5) is 11.0. The van der Waals surface area contributed by atoms with Gasteiger partial charge < -0.3 is 14.5 Å². The Morgan fingerprint density at radius 2 is 2.04 bits per heavy atom. The molecule has 0 aliphatic carbocycles. The molecule has 1 amide bonds. The van der Waals surface area contributed by atoms with Crippen LogP contribution in [0.5, 0.6) is 5.75 Å². The van der Waals surface area contributed by atoms with Crippen LogP contribution in [0.15, 0.2) is 53.1 Å². The third-order valence-corrected chi connectivity index (χ3v) is 3.84. The number of rotatable bonds is 5. The van der Waals surface area contributed by atoms with E-state index in [0.29, 0.717) is 6.54 Å². The first kappa shape index (κ1) is 15.2. The summed E-state index contributed by atoms with van der Waals surface area (Å²) in [5, 5.41) is 3.88. The summed E-state index contributed by atoms with van der Waals surface area (Å²) in [5.74, 6) is 0.822. The first-order valence-electron chi connectivity index (χ1n) is 7.57. The van der Waals surface area contributed by atoms with Gasteiger partial charge in [0.2, 0.25) is 5.91 Å². The largest absolute Gasteiger partial charge is 0.496 e. The highest BCUT2D eigenvalue weighted by Crippen LogP contribution is 2.33. The van der Waals surface area contributed by atoms with Crippen molar-refractivity contribution in [1.29, 1.82) is 0 Å². The number of fused-ring (bicyclic) bond motifs is 1. The number of hydrogen-bond donors (Lipinski definition) is 1. The van der Waals surface area contributed by atoms with Crippen LogP contribution in [-0.4, -0.2) is 19.6 Å². The summed E-state index contributed by atoms with van der Waals surface area (Å²) in [6.45, 7) is 2.12. The molecular formula is C19H19NO3. The van der Waals surface area contributed by atoms with Crippen molar-refractivity contribution in [3.8, 4) is 16.9 Å². The van der Waals surface area contributed by atoms with Gasteiger partial charge >= 0.3 is 0 Å². The minimum Gasteiger partial charge on any atom is -0.496 e. The lowest BCUT2D eigenvalue weighted by molar-refractivity contribution is -0.118. The zero-order valence-corrected chi connectivity index (χ0v) is 13.3. The van der Waals surface area contributed by atoms with Crippen molar-refractivity contribution in [2.24, 2.45) is 0 Å². The zero-order valence-electron chi connectivity index (χ0n) is 13.3. The van der Waals surface area contributed by atoms with Gasteiger partial charge in [-0.05, 0) is 35.7 Å². The van der Waals surface area contributed by atoms with E-state index in [-0.39, 0.29) is 5.91 Å². The molecule has 23 heavy (non-hydrogen) atoms. The first-order chi connectivity index (χ1) is 11.2. The summed E-state index contributed by atoms with van der Waals surface area (Å²) < 4.78 is 11.1. The number of para-hydroxylation sites is 1. The summed E-state index contributed by atoms with van der Waals surface area (Å²) in [5.41, 5.74) is 4.06. The highest BCUT2D eigenvalue weighted by molar-refractivity contribution is 5.87. The fraction of sp³-hybridized carbons (Fsp3) is 0.211. The van der Waals surface area contributed by atoms with Crippen molar-refractivity contribution in [2.75, 3.05) is 13.7 Å². The van der Waals surface area contributed by atoms with Gasteiger partial charge in [-0.3, -0.25) is 4.79 Å². The molecule has 0 spiro atoms. The van der Waals surface area contributed by atoms with E-state index in [1.54, 1.807) is 13.4 Å². The highest BCUT2D eigenvalue weighted by Gasteiger charge is 2.10. The predicted molar refractivity (Wildman–Crippen MR) is 90.6 cm³/mol. The summed E-state index contributed by atoms with van der Waals surface area (Å²) in [6.07, 6.45) is 2.50. The predicted octanol–water partition coefficient (Wildman–Crippen LogP) is 3.79. The van der Waals surface area contributed by atoms with Crippen molar-refractivity contribution in [1.82, 2.24) is 5.32 Å². The van der Waals surface area contributed by atoms with Crippen molar-refractivity contribution < 1.29 is 13.9 Å². The number of carbonyl (C=O) groups is 1. The van der Waals surface area contributed by atoms with Crippen LogP contribution < -0.4 is 10.1 Å². The second kappa shape index (κ2) is 6.57. The maximum absolute atomic E-state index is 11.0. The molecule has 2 aromatic carbocycles. The Morgan fingerprint density at radius 3 is 2.83 bits per heavy atom. The Kier molecular flexibility index (Phi) is 4.33. The minimum absolute atomic E-state index is 0.0208. The van der Waals surface area contributed by atoms with Gasteiger partial charge in [-0.1, -0.05) is 24.3 Å². The maximum Gasteiger partial charge on any atom is 0.216 e. The topological polar surface area (TPSA) is 51.5 Å². The molecule has 0 unspecified atom stereocenters. The van der Waals surface area contributed by atoms with Gasteiger partial charge in [0, 0.05) is 24.4 Å². The van der Waals surface area contributed by atoms with Gasteiger partial charge in [0.15, 0.2) is 0 Å². The van der Waals surface area contributed by atoms with Crippen LogP contribution in [0.4, 0.5) is 0 Å². The quantitative estimate of drug-likeness (QED) is 0.780. The normalized spacial score (nSPS) is 10.7. The van der Waals surface area contributed by atoms with Gasteiger partial charge in [0.25, 0.3) is 0 Å². The van der Waals surface area contributed by atoms with Gasteiger partial charge in [0.1, 0.15) is 11.3 Å². The smallest absolute Gasteiger partial charge is 0.216 e. The lowest BCUT2D eigenvalue weighted by Crippen LogP contribution is -2.22. The molecule has 0 aliphatic rings. The molecule has 0 fully saturated rings. The first-order valence-corrected chi connectivity index (χ1v) is 7.57. The molecule has 1 N–H and O–H groups in total. The van der Waals surface area contributed by atoms with Gasteiger partial charge in [0.05, 0.1) is 13.4 Å². The van der Waals surface area contributed by atoms with E-state index in [1.807, 2.05) is 36.4 Å². The number of nitrogens with one attached hydrogen (secondary N) is 1. The summed E-state index contributed by atoms with van der Waals surface area (Å²) in [7, 11) is 1.67. The van der Waals surface area contributed by atoms with Crippen LogP contribution in [0.1, 0.15) is 12.5 Å². The van der Waals surface area contributed by atoms with Crippen LogP contribution in [-0.2, 0) is 11.2 Å². The zero-order chi connectivity index (χ0) is 16.2. The van der Waals surface area contributed by atoms with Crippen LogP contribution >= 0.6 is 0 Å².